The van der Waals surface area contributed by atoms with Gasteiger partial charge in [0.05, 0.1) is 6.07 Å². The van der Waals surface area contributed by atoms with E-state index in [0.29, 0.717) is 13.0 Å². The number of amides is 1. The lowest BCUT2D eigenvalue weighted by atomic mass is 9.91. The first kappa shape index (κ1) is 14.5. The molecule has 1 amide bonds. The second-order valence-electron chi connectivity index (χ2n) is 5.44. The minimum Gasteiger partial charge on any atom is -0.327 e. The molecule has 1 fully saturated rings. The third-order valence-electron chi connectivity index (χ3n) is 4.10. The van der Waals surface area contributed by atoms with Crippen LogP contribution in [-0.2, 0) is 4.79 Å². The number of nitrogens with zero attached hydrogens (tertiary/aromatic N) is 2. The zero-order valence-corrected chi connectivity index (χ0v) is 11.8. The summed E-state index contributed by atoms with van der Waals surface area (Å²) in [4.78, 5) is 13.9. The summed E-state index contributed by atoms with van der Waals surface area (Å²) < 4.78 is 0. The van der Waals surface area contributed by atoms with E-state index in [-0.39, 0.29) is 23.9 Å². The van der Waals surface area contributed by atoms with E-state index in [9.17, 15) is 4.79 Å². The summed E-state index contributed by atoms with van der Waals surface area (Å²) in [5.74, 6) is 0.132. The van der Waals surface area contributed by atoms with Gasteiger partial charge in [0.2, 0.25) is 5.91 Å². The van der Waals surface area contributed by atoms with Gasteiger partial charge < -0.3 is 10.6 Å². The number of hydrogen-bond acceptors (Lipinski definition) is 3. The van der Waals surface area contributed by atoms with Crippen LogP contribution in [-0.4, -0.2) is 29.4 Å². The van der Waals surface area contributed by atoms with Crippen molar-refractivity contribution in [2.45, 2.75) is 44.2 Å². The SMILES string of the molecule is CC(c1ccccc1)C(N)CC(=O)N1CCCC1C#N. The van der Waals surface area contributed by atoms with Crippen LogP contribution in [0.1, 0.15) is 37.7 Å². The summed E-state index contributed by atoms with van der Waals surface area (Å²) in [7, 11) is 0. The third kappa shape index (κ3) is 3.17. The van der Waals surface area contributed by atoms with Crippen molar-refractivity contribution in [2.24, 2.45) is 5.73 Å². The summed E-state index contributed by atoms with van der Waals surface area (Å²) in [5.41, 5.74) is 7.32. The number of carbonyl (C=O) groups excluding carboxylic acids is 1. The smallest absolute Gasteiger partial charge is 0.225 e. The zero-order chi connectivity index (χ0) is 14.5. The molecule has 2 rings (SSSR count). The van der Waals surface area contributed by atoms with E-state index in [1.54, 1.807) is 4.90 Å². The zero-order valence-electron chi connectivity index (χ0n) is 11.8. The van der Waals surface area contributed by atoms with Gasteiger partial charge in [0.15, 0.2) is 0 Å². The van der Waals surface area contributed by atoms with Crippen molar-refractivity contribution < 1.29 is 4.79 Å². The highest BCUT2D eigenvalue weighted by Crippen LogP contribution is 2.22. The second-order valence-corrected chi connectivity index (χ2v) is 5.44. The predicted octanol–water partition coefficient (Wildman–Crippen LogP) is 2.02. The van der Waals surface area contributed by atoms with E-state index in [1.165, 1.54) is 0 Å². The normalized spacial score (nSPS) is 21.2. The molecule has 1 aliphatic heterocycles. The quantitative estimate of drug-likeness (QED) is 0.910. The van der Waals surface area contributed by atoms with Crippen molar-refractivity contribution in [2.75, 3.05) is 6.54 Å². The molecule has 1 aromatic rings. The lowest BCUT2D eigenvalue weighted by Crippen LogP contribution is -2.39. The lowest BCUT2D eigenvalue weighted by molar-refractivity contribution is -0.131. The van der Waals surface area contributed by atoms with Gasteiger partial charge in [-0.25, -0.2) is 0 Å². The van der Waals surface area contributed by atoms with Gasteiger partial charge >= 0.3 is 0 Å². The first-order valence-electron chi connectivity index (χ1n) is 7.13. The maximum atomic E-state index is 12.3. The predicted molar refractivity (Wildman–Crippen MR) is 77.8 cm³/mol. The fraction of sp³-hybridized carbons (Fsp3) is 0.500. The van der Waals surface area contributed by atoms with Gasteiger partial charge in [-0.2, -0.15) is 5.26 Å². The number of nitriles is 1. The van der Waals surface area contributed by atoms with Gasteiger partial charge in [0, 0.05) is 19.0 Å². The molecule has 0 bridgehead atoms. The number of nitrogens with two attached hydrogens (primary N) is 1. The maximum absolute atomic E-state index is 12.3. The van der Waals surface area contributed by atoms with Gasteiger partial charge in [-0.05, 0) is 24.3 Å². The van der Waals surface area contributed by atoms with E-state index in [1.807, 2.05) is 37.3 Å². The van der Waals surface area contributed by atoms with E-state index in [0.717, 1.165) is 18.4 Å². The van der Waals surface area contributed by atoms with Crippen LogP contribution in [0, 0.1) is 11.3 Å². The van der Waals surface area contributed by atoms with Crippen molar-refractivity contribution in [3.05, 3.63) is 35.9 Å². The Morgan fingerprint density at radius 3 is 2.85 bits per heavy atom. The molecular weight excluding hydrogens is 250 g/mol. The molecule has 0 aromatic heterocycles. The minimum absolute atomic E-state index is 0.00401. The average molecular weight is 271 g/mol. The van der Waals surface area contributed by atoms with Crippen LogP contribution >= 0.6 is 0 Å². The molecule has 1 saturated heterocycles. The monoisotopic (exact) mass is 271 g/mol. The van der Waals surface area contributed by atoms with Crippen LogP contribution in [0.2, 0.25) is 0 Å². The molecule has 0 spiro atoms. The minimum atomic E-state index is -0.262. The Kier molecular flexibility index (Phi) is 4.75. The summed E-state index contributed by atoms with van der Waals surface area (Å²) in [5, 5.41) is 9.03. The van der Waals surface area contributed by atoms with Crippen LogP contribution in [0.15, 0.2) is 30.3 Å². The third-order valence-corrected chi connectivity index (χ3v) is 4.10. The fourth-order valence-electron chi connectivity index (χ4n) is 2.70. The first-order valence-corrected chi connectivity index (χ1v) is 7.13. The standard InChI is InChI=1S/C16H21N3O/c1-12(13-6-3-2-4-7-13)15(18)10-16(20)19-9-5-8-14(19)11-17/h2-4,6-7,12,14-15H,5,8-10,18H2,1H3. The van der Waals surface area contributed by atoms with E-state index in [2.05, 4.69) is 6.07 Å². The van der Waals surface area contributed by atoms with Gasteiger partial charge in [-0.1, -0.05) is 37.3 Å². The molecule has 106 valence electrons. The summed E-state index contributed by atoms with van der Waals surface area (Å²) in [6.07, 6.45) is 1.99. The van der Waals surface area contributed by atoms with Crippen molar-refractivity contribution in [3.8, 4) is 6.07 Å². The van der Waals surface area contributed by atoms with Gasteiger partial charge in [0.25, 0.3) is 0 Å². The van der Waals surface area contributed by atoms with Gasteiger partial charge in [0.1, 0.15) is 6.04 Å². The molecule has 2 N–H and O–H groups in total. The van der Waals surface area contributed by atoms with Crippen LogP contribution < -0.4 is 5.73 Å². The lowest BCUT2D eigenvalue weighted by Gasteiger charge is -2.24. The van der Waals surface area contributed by atoms with Crippen molar-refractivity contribution in [3.63, 3.8) is 0 Å². The van der Waals surface area contributed by atoms with Crippen molar-refractivity contribution in [1.29, 1.82) is 5.26 Å². The van der Waals surface area contributed by atoms with E-state index >= 15 is 0 Å². The molecule has 20 heavy (non-hydrogen) atoms. The van der Waals surface area contributed by atoms with E-state index < -0.39 is 0 Å². The highest BCUT2D eigenvalue weighted by Gasteiger charge is 2.30. The number of carbonyl (C=O) groups is 1. The molecule has 1 heterocycles. The largest absolute Gasteiger partial charge is 0.327 e. The van der Waals surface area contributed by atoms with Crippen molar-refractivity contribution >= 4 is 5.91 Å². The Labute approximate surface area is 120 Å². The number of likely N-dealkylation sites (tertiary alicyclic amines) is 1. The molecule has 0 saturated carbocycles. The molecule has 3 unspecified atom stereocenters. The number of hydrogen-bond donors (Lipinski definition) is 1. The molecule has 0 aliphatic carbocycles. The Morgan fingerprint density at radius 1 is 1.50 bits per heavy atom. The topological polar surface area (TPSA) is 70.1 Å². The average Bonchev–Trinajstić information content (AvgIpc) is 2.95. The van der Waals surface area contributed by atoms with Crippen LogP contribution in [0.5, 0.6) is 0 Å². The Hall–Kier alpha value is -1.86. The second kappa shape index (κ2) is 6.53. The molecule has 1 aliphatic rings. The summed E-state index contributed by atoms with van der Waals surface area (Å²) in [6.45, 7) is 2.72. The highest BCUT2D eigenvalue weighted by molar-refractivity contribution is 5.78. The highest BCUT2D eigenvalue weighted by atomic mass is 16.2. The first-order chi connectivity index (χ1) is 9.63. The van der Waals surface area contributed by atoms with Gasteiger partial charge in [-0.3, -0.25) is 4.79 Å². The van der Waals surface area contributed by atoms with E-state index in [4.69, 9.17) is 11.0 Å². The van der Waals surface area contributed by atoms with Crippen LogP contribution in [0.3, 0.4) is 0 Å². The van der Waals surface area contributed by atoms with Crippen LogP contribution in [0.4, 0.5) is 0 Å². The van der Waals surface area contributed by atoms with Crippen LogP contribution in [0.25, 0.3) is 0 Å². The molecular formula is C16H21N3O. The molecule has 3 atom stereocenters. The summed E-state index contributed by atoms with van der Waals surface area (Å²) >= 11 is 0. The Balaban J connectivity index is 1.96. The van der Waals surface area contributed by atoms with Crippen molar-refractivity contribution in [1.82, 2.24) is 4.90 Å². The number of benzene rings is 1. The molecule has 4 nitrogen and oxygen atoms in total. The summed E-state index contributed by atoms with van der Waals surface area (Å²) in [6, 6.07) is 11.7. The molecule has 0 radical (unpaired) electrons. The Bertz CT molecular complexity index is 494. The number of rotatable bonds is 4. The Morgan fingerprint density at radius 2 is 2.20 bits per heavy atom. The molecule has 4 heteroatoms. The van der Waals surface area contributed by atoms with Gasteiger partial charge in [-0.15, -0.1) is 0 Å². The fourth-order valence-corrected chi connectivity index (χ4v) is 2.70. The molecule has 1 aromatic carbocycles. The maximum Gasteiger partial charge on any atom is 0.225 e.